The van der Waals surface area contributed by atoms with Crippen molar-refractivity contribution >= 4 is 21.7 Å². The summed E-state index contributed by atoms with van der Waals surface area (Å²) in [6.45, 7) is 1.17. The van der Waals surface area contributed by atoms with E-state index in [1.165, 1.54) is 7.11 Å². The maximum absolute atomic E-state index is 13.6. The van der Waals surface area contributed by atoms with Crippen LogP contribution in [-0.4, -0.2) is 34.6 Å². The molecule has 0 heterocycles. The second-order valence-electron chi connectivity index (χ2n) is 3.66. The van der Waals surface area contributed by atoms with Crippen molar-refractivity contribution in [3.05, 3.63) is 17.9 Å². The number of methoxy groups -OCH3 is 1. The summed E-state index contributed by atoms with van der Waals surface area (Å²) in [7, 11) is -2.86. The molecule has 1 aromatic rings. The van der Waals surface area contributed by atoms with E-state index in [9.17, 15) is 17.6 Å². The molecule has 0 unspecified atom stereocenters. The molecule has 0 bridgehead atoms. The normalized spacial score (nSPS) is 11.2. The molecular formula is C11H15FN2O5S. The molecule has 0 radical (unpaired) electrons. The molecular weight excluding hydrogens is 291 g/mol. The number of rotatable bonds is 6. The molecule has 9 heteroatoms. The summed E-state index contributed by atoms with van der Waals surface area (Å²) in [5, 5.41) is 0. The number of benzene rings is 1. The quantitative estimate of drug-likeness (QED) is 0.576. The first-order valence-corrected chi connectivity index (χ1v) is 7.08. The van der Waals surface area contributed by atoms with Gasteiger partial charge in [-0.3, -0.25) is 4.79 Å². The maximum Gasteiger partial charge on any atom is 0.321 e. The molecule has 7 nitrogen and oxygen atoms in total. The zero-order valence-corrected chi connectivity index (χ0v) is 11.8. The zero-order valence-electron chi connectivity index (χ0n) is 11.0. The Morgan fingerprint density at radius 2 is 2.10 bits per heavy atom. The van der Waals surface area contributed by atoms with Crippen molar-refractivity contribution in [2.24, 2.45) is 0 Å². The fourth-order valence-corrected chi connectivity index (χ4v) is 2.42. The molecule has 0 spiro atoms. The first-order chi connectivity index (χ1) is 9.31. The van der Waals surface area contributed by atoms with Crippen molar-refractivity contribution in [3.63, 3.8) is 0 Å². The Bertz CT molecular complexity index is 580. The van der Waals surface area contributed by atoms with Gasteiger partial charge in [-0.05, 0) is 19.1 Å². The third kappa shape index (κ3) is 3.81. The van der Waals surface area contributed by atoms with E-state index in [4.69, 9.17) is 5.73 Å². The number of sulfonamides is 1. The van der Waals surface area contributed by atoms with Crippen LogP contribution in [0.3, 0.4) is 0 Å². The van der Waals surface area contributed by atoms with Crippen molar-refractivity contribution in [2.45, 2.75) is 11.8 Å². The van der Waals surface area contributed by atoms with Gasteiger partial charge in [-0.1, -0.05) is 0 Å². The average molecular weight is 306 g/mol. The molecule has 0 aromatic heterocycles. The Balaban J connectivity index is 2.96. The summed E-state index contributed by atoms with van der Waals surface area (Å²) >= 11 is 0. The highest BCUT2D eigenvalue weighted by atomic mass is 32.2. The van der Waals surface area contributed by atoms with Crippen LogP contribution in [0.5, 0.6) is 5.75 Å². The fourth-order valence-electron chi connectivity index (χ4n) is 1.41. The molecule has 20 heavy (non-hydrogen) atoms. The number of carbonyl (C=O) groups is 1. The largest absolute Gasteiger partial charge is 0.492 e. The highest BCUT2D eigenvalue weighted by molar-refractivity contribution is 7.89. The van der Waals surface area contributed by atoms with Crippen molar-refractivity contribution in [2.75, 3.05) is 26.0 Å². The molecule has 0 aliphatic heterocycles. The first-order valence-electron chi connectivity index (χ1n) is 5.60. The van der Waals surface area contributed by atoms with Crippen LogP contribution >= 0.6 is 0 Å². The Labute approximate surface area is 115 Å². The summed E-state index contributed by atoms with van der Waals surface area (Å²) in [5.74, 6) is -1.89. The molecule has 1 rings (SSSR count). The highest BCUT2D eigenvalue weighted by Gasteiger charge is 2.20. The lowest BCUT2D eigenvalue weighted by atomic mass is 10.3. The van der Waals surface area contributed by atoms with E-state index < -0.39 is 33.3 Å². The second kappa shape index (κ2) is 6.53. The van der Waals surface area contributed by atoms with Gasteiger partial charge < -0.3 is 15.2 Å². The van der Waals surface area contributed by atoms with Crippen LogP contribution < -0.4 is 15.2 Å². The molecule has 112 valence electrons. The smallest absolute Gasteiger partial charge is 0.321 e. The Morgan fingerprint density at radius 3 is 2.60 bits per heavy atom. The summed E-state index contributed by atoms with van der Waals surface area (Å²) in [4.78, 5) is 10.7. The van der Waals surface area contributed by atoms with Crippen molar-refractivity contribution in [1.29, 1.82) is 0 Å². The molecule has 0 saturated heterocycles. The second-order valence-corrected chi connectivity index (χ2v) is 5.42. The standard InChI is InChI=1S/C11H15FN2O5S/c1-3-19-10(15)6-14-20(16,17)7-4-8(12)11(18-2)9(13)5-7/h4-5,14H,3,6,13H2,1-2H3. The Morgan fingerprint density at radius 1 is 1.45 bits per heavy atom. The average Bonchev–Trinajstić information content (AvgIpc) is 2.36. The van der Waals surface area contributed by atoms with E-state index in [2.05, 4.69) is 9.47 Å². The summed E-state index contributed by atoms with van der Waals surface area (Å²) in [5.41, 5.74) is 5.32. The fraction of sp³-hybridized carbons (Fsp3) is 0.364. The van der Waals surface area contributed by atoms with Gasteiger partial charge in [0.15, 0.2) is 11.6 Å². The van der Waals surface area contributed by atoms with Crippen LogP contribution in [-0.2, 0) is 19.6 Å². The molecule has 0 saturated carbocycles. The van der Waals surface area contributed by atoms with Crippen molar-refractivity contribution in [3.8, 4) is 5.75 Å². The van der Waals surface area contributed by atoms with Crippen molar-refractivity contribution in [1.82, 2.24) is 4.72 Å². The number of esters is 1. The van der Waals surface area contributed by atoms with Crippen LogP contribution in [0.15, 0.2) is 17.0 Å². The van der Waals surface area contributed by atoms with E-state index in [0.29, 0.717) is 0 Å². The predicted octanol–water partition coefficient (Wildman–Crippen LogP) is 0.258. The lowest BCUT2D eigenvalue weighted by Crippen LogP contribution is -2.30. The van der Waals surface area contributed by atoms with E-state index in [1.54, 1.807) is 6.92 Å². The van der Waals surface area contributed by atoms with Crippen LogP contribution in [0.25, 0.3) is 0 Å². The van der Waals surface area contributed by atoms with Gasteiger partial charge in [-0.2, -0.15) is 4.72 Å². The number of nitrogens with two attached hydrogens (primary N) is 1. The summed E-state index contributed by atoms with van der Waals surface area (Å²) < 4.78 is 48.5. The minimum Gasteiger partial charge on any atom is -0.492 e. The maximum atomic E-state index is 13.6. The van der Waals surface area contributed by atoms with E-state index in [1.807, 2.05) is 4.72 Å². The van der Waals surface area contributed by atoms with Gasteiger partial charge in [0.25, 0.3) is 0 Å². The summed E-state index contributed by atoms with van der Waals surface area (Å²) in [6, 6.07) is 1.79. The minimum atomic E-state index is -4.07. The number of carbonyl (C=O) groups excluding carboxylic acids is 1. The van der Waals surface area contributed by atoms with Crippen LogP contribution in [0.2, 0.25) is 0 Å². The zero-order chi connectivity index (χ0) is 15.3. The van der Waals surface area contributed by atoms with E-state index >= 15 is 0 Å². The Kier molecular flexibility index (Phi) is 5.28. The third-order valence-corrected chi connectivity index (χ3v) is 3.65. The van der Waals surface area contributed by atoms with Gasteiger partial charge in [0.05, 0.1) is 24.3 Å². The highest BCUT2D eigenvalue weighted by Crippen LogP contribution is 2.28. The number of nitrogens with one attached hydrogen (secondary N) is 1. The van der Waals surface area contributed by atoms with Gasteiger partial charge >= 0.3 is 5.97 Å². The molecule has 0 fully saturated rings. The number of nitrogen functional groups attached to an aromatic ring is 1. The number of halogens is 1. The number of hydrogen-bond donors (Lipinski definition) is 2. The molecule has 0 aliphatic rings. The topological polar surface area (TPSA) is 108 Å². The van der Waals surface area contributed by atoms with Gasteiger partial charge in [0.1, 0.15) is 6.54 Å². The monoisotopic (exact) mass is 306 g/mol. The molecule has 0 atom stereocenters. The number of anilines is 1. The lowest BCUT2D eigenvalue weighted by molar-refractivity contribution is -0.141. The predicted molar refractivity (Wildman–Crippen MR) is 69.2 cm³/mol. The Hall–Kier alpha value is -1.87. The first kappa shape index (κ1) is 16.2. The minimum absolute atomic E-state index is 0.130. The lowest BCUT2D eigenvalue weighted by Gasteiger charge is -2.10. The molecule has 3 N–H and O–H groups in total. The van der Waals surface area contributed by atoms with Crippen LogP contribution in [0.4, 0.5) is 10.1 Å². The summed E-state index contributed by atoms with van der Waals surface area (Å²) in [6.07, 6.45) is 0. The SMILES string of the molecule is CCOC(=O)CNS(=O)(=O)c1cc(N)c(OC)c(F)c1. The van der Waals surface area contributed by atoms with E-state index in [-0.39, 0.29) is 18.0 Å². The van der Waals surface area contributed by atoms with Gasteiger partial charge in [0.2, 0.25) is 10.0 Å². The number of hydrogen-bond acceptors (Lipinski definition) is 6. The van der Waals surface area contributed by atoms with Crippen LogP contribution in [0, 0.1) is 5.82 Å². The number of ether oxygens (including phenoxy) is 2. The molecule has 0 aliphatic carbocycles. The van der Waals surface area contributed by atoms with E-state index in [0.717, 1.165) is 12.1 Å². The molecule has 0 amide bonds. The van der Waals surface area contributed by atoms with Gasteiger partial charge in [-0.15, -0.1) is 0 Å². The third-order valence-electron chi connectivity index (χ3n) is 2.27. The van der Waals surface area contributed by atoms with Crippen molar-refractivity contribution < 1.29 is 27.1 Å². The van der Waals surface area contributed by atoms with Gasteiger partial charge in [0, 0.05) is 0 Å². The molecule has 1 aromatic carbocycles. The van der Waals surface area contributed by atoms with Gasteiger partial charge in [-0.25, -0.2) is 12.8 Å². The van der Waals surface area contributed by atoms with Crippen LogP contribution in [0.1, 0.15) is 6.92 Å².